The van der Waals surface area contributed by atoms with Gasteiger partial charge in [0.05, 0.1) is 6.61 Å². The van der Waals surface area contributed by atoms with Gasteiger partial charge in [-0.3, -0.25) is 0 Å². The minimum atomic E-state index is -2.64. The molecule has 0 radical (unpaired) electrons. The van der Waals surface area contributed by atoms with E-state index in [4.69, 9.17) is 19.0 Å². The lowest BCUT2D eigenvalue weighted by Gasteiger charge is -2.28. The molecule has 0 aliphatic carbocycles. The van der Waals surface area contributed by atoms with Gasteiger partial charge in [-0.2, -0.15) is 0 Å². The van der Waals surface area contributed by atoms with Crippen molar-refractivity contribution in [2.24, 2.45) is 5.73 Å². The Balaban J connectivity index is 2.79. The van der Waals surface area contributed by atoms with Gasteiger partial charge in [0.25, 0.3) is 0 Å². The smallest absolute Gasteiger partial charge is 0.374 e. The van der Waals surface area contributed by atoms with Crippen LogP contribution in [0, 0.1) is 0 Å². The molecule has 2 N–H and O–H groups in total. The Morgan fingerprint density at radius 1 is 1.00 bits per heavy atom. The molecule has 0 aromatic heterocycles. The third kappa shape index (κ3) is 4.87. The summed E-state index contributed by atoms with van der Waals surface area (Å²) < 4.78 is 17.5. The van der Waals surface area contributed by atoms with Gasteiger partial charge in [0.15, 0.2) is 0 Å². The van der Waals surface area contributed by atoms with Gasteiger partial charge in [-0.05, 0) is 19.4 Å². The minimum Gasteiger partial charge on any atom is -0.374 e. The maximum Gasteiger partial charge on any atom is 0.505 e. The average Bonchev–Trinajstić information content (AvgIpc) is 2.38. The van der Waals surface area contributed by atoms with Crippen LogP contribution in [0.2, 0.25) is 0 Å². The fourth-order valence-corrected chi connectivity index (χ4v) is 4.38. The summed E-state index contributed by atoms with van der Waals surface area (Å²) in [6, 6.07) is 10.8. The Kier molecular flexibility index (Phi) is 7.15. The van der Waals surface area contributed by atoms with Crippen LogP contribution in [0.5, 0.6) is 0 Å². The van der Waals surface area contributed by atoms with Crippen LogP contribution in [0.3, 0.4) is 0 Å². The predicted octanol–water partition coefficient (Wildman–Crippen LogP) is 1.76. The molecular formula is C13H23NO3Si. The summed E-state index contributed by atoms with van der Waals surface area (Å²) in [5.41, 5.74) is 6.68. The number of hydrogen-bond acceptors (Lipinski definition) is 4. The second-order valence-corrected chi connectivity index (χ2v) is 6.43. The number of benzene rings is 1. The maximum absolute atomic E-state index is 5.83. The van der Waals surface area contributed by atoms with Crippen molar-refractivity contribution in [1.29, 1.82) is 0 Å². The molecule has 0 fully saturated rings. The molecule has 0 spiro atoms. The van der Waals surface area contributed by atoms with E-state index in [1.54, 1.807) is 0 Å². The summed E-state index contributed by atoms with van der Waals surface area (Å²) in [4.78, 5) is 0. The van der Waals surface area contributed by atoms with Crippen LogP contribution in [0.1, 0.15) is 19.4 Å². The summed E-state index contributed by atoms with van der Waals surface area (Å²) >= 11 is 0. The van der Waals surface area contributed by atoms with Crippen LogP contribution in [0.15, 0.2) is 30.3 Å². The molecule has 1 rings (SSSR count). The van der Waals surface area contributed by atoms with Gasteiger partial charge in [0.1, 0.15) is 0 Å². The van der Waals surface area contributed by atoms with Gasteiger partial charge in [-0.25, -0.2) is 0 Å². The molecule has 5 heteroatoms. The van der Waals surface area contributed by atoms with Gasteiger partial charge in [0.2, 0.25) is 0 Å². The monoisotopic (exact) mass is 269 g/mol. The second-order valence-electron chi connectivity index (χ2n) is 3.85. The van der Waals surface area contributed by atoms with Crippen molar-refractivity contribution < 1.29 is 13.3 Å². The van der Waals surface area contributed by atoms with Crippen LogP contribution in [-0.4, -0.2) is 35.2 Å². The van der Waals surface area contributed by atoms with E-state index in [0.29, 0.717) is 32.4 Å². The van der Waals surface area contributed by atoms with Crippen molar-refractivity contribution in [3.05, 3.63) is 35.9 Å². The van der Waals surface area contributed by atoms with Gasteiger partial charge < -0.3 is 19.0 Å². The van der Waals surface area contributed by atoms with Crippen LogP contribution in [0.25, 0.3) is 0 Å². The molecule has 1 aromatic rings. The SMILES string of the molecule is CCO[Si](Cc1ccccc1)(OCC)OCCN. The first kappa shape index (κ1) is 15.3. The minimum absolute atomic E-state index is 0.471. The normalized spacial score (nSPS) is 11.7. The largest absolute Gasteiger partial charge is 0.505 e. The lowest BCUT2D eigenvalue weighted by atomic mass is 10.2. The molecule has 0 bridgehead atoms. The average molecular weight is 269 g/mol. The lowest BCUT2D eigenvalue weighted by molar-refractivity contribution is 0.0685. The van der Waals surface area contributed by atoms with Crippen LogP contribution < -0.4 is 5.73 Å². The molecule has 1 aromatic carbocycles. The molecule has 0 heterocycles. The summed E-state index contributed by atoms with van der Waals surface area (Å²) in [7, 11) is -2.64. The van der Waals surface area contributed by atoms with Crippen molar-refractivity contribution in [3.63, 3.8) is 0 Å². The molecule has 0 atom stereocenters. The zero-order valence-electron chi connectivity index (χ0n) is 11.2. The van der Waals surface area contributed by atoms with Gasteiger partial charge in [-0.15, -0.1) is 0 Å². The van der Waals surface area contributed by atoms with E-state index in [2.05, 4.69) is 12.1 Å². The highest BCUT2D eigenvalue weighted by molar-refractivity contribution is 6.60. The maximum atomic E-state index is 5.83. The first-order valence-electron chi connectivity index (χ1n) is 6.42. The third-order valence-corrected chi connectivity index (χ3v) is 5.37. The van der Waals surface area contributed by atoms with E-state index in [-0.39, 0.29) is 0 Å². The van der Waals surface area contributed by atoms with E-state index in [9.17, 15) is 0 Å². The Morgan fingerprint density at radius 2 is 1.61 bits per heavy atom. The fraction of sp³-hybridized carbons (Fsp3) is 0.538. The predicted molar refractivity (Wildman–Crippen MR) is 74.2 cm³/mol. The number of hydrogen-bond donors (Lipinski definition) is 1. The van der Waals surface area contributed by atoms with Crippen molar-refractivity contribution in [1.82, 2.24) is 0 Å². The van der Waals surface area contributed by atoms with E-state index in [1.807, 2.05) is 32.0 Å². The Morgan fingerprint density at radius 3 is 2.11 bits per heavy atom. The Labute approximate surface area is 110 Å². The lowest BCUT2D eigenvalue weighted by Crippen LogP contribution is -2.49. The fourth-order valence-electron chi connectivity index (χ4n) is 1.78. The first-order chi connectivity index (χ1) is 8.76. The van der Waals surface area contributed by atoms with Crippen LogP contribution in [-0.2, 0) is 19.3 Å². The Hall–Kier alpha value is -0.723. The summed E-state index contributed by atoms with van der Waals surface area (Å²) in [5, 5.41) is 0. The van der Waals surface area contributed by atoms with Gasteiger partial charge >= 0.3 is 8.80 Å². The number of rotatable bonds is 9. The molecule has 0 aliphatic heterocycles. The standard InChI is InChI=1S/C13H23NO3Si/c1-3-15-18(16-4-2,17-11-10-14)12-13-8-6-5-7-9-13/h5-9H,3-4,10-12,14H2,1-2H3. The topological polar surface area (TPSA) is 53.7 Å². The number of nitrogens with two attached hydrogens (primary N) is 1. The molecule has 0 amide bonds. The molecule has 0 saturated carbocycles. The first-order valence-corrected chi connectivity index (χ1v) is 8.35. The van der Waals surface area contributed by atoms with Gasteiger partial charge in [-0.1, -0.05) is 30.3 Å². The zero-order valence-corrected chi connectivity index (χ0v) is 12.2. The van der Waals surface area contributed by atoms with Crippen LogP contribution in [0.4, 0.5) is 0 Å². The zero-order chi connectivity index (χ0) is 13.3. The Bertz CT molecular complexity index is 315. The van der Waals surface area contributed by atoms with E-state index >= 15 is 0 Å². The highest BCUT2D eigenvalue weighted by Crippen LogP contribution is 2.16. The van der Waals surface area contributed by atoms with Crippen LogP contribution >= 0.6 is 0 Å². The summed E-state index contributed by atoms with van der Waals surface area (Å²) in [6.45, 7) is 6.03. The molecule has 18 heavy (non-hydrogen) atoms. The second kappa shape index (κ2) is 8.39. The summed E-state index contributed by atoms with van der Waals surface area (Å²) in [6.07, 6.45) is 0. The van der Waals surface area contributed by atoms with Crippen molar-refractivity contribution in [2.45, 2.75) is 19.9 Å². The quantitative estimate of drug-likeness (QED) is 0.694. The highest BCUT2D eigenvalue weighted by Gasteiger charge is 2.40. The third-order valence-electron chi connectivity index (χ3n) is 2.43. The van der Waals surface area contributed by atoms with Gasteiger partial charge in [0, 0.05) is 25.8 Å². The van der Waals surface area contributed by atoms with E-state index < -0.39 is 8.80 Å². The molecule has 0 saturated heterocycles. The van der Waals surface area contributed by atoms with E-state index in [0.717, 1.165) is 0 Å². The molecule has 102 valence electrons. The highest BCUT2D eigenvalue weighted by atomic mass is 28.4. The molecule has 4 nitrogen and oxygen atoms in total. The van der Waals surface area contributed by atoms with Crippen molar-refractivity contribution >= 4 is 8.80 Å². The van der Waals surface area contributed by atoms with E-state index in [1.165, 1.54) is 5.56 Å². The van der Waals surface area contributed by atoms with Crippen molar-refractivity contribution in [3.8, 4) is 0 Å². The molecule has 0 unspecified atom stereocenters. The molecule has 0 aliphatic rings. The van der Waals surface area contributed by atoms with Crippen molar-refractivity contribution in [2.75, 3.05) is 26.4 Å². The molecular weight excluding hydrogens is 246 g/mol. The summed E-state index contributed by atoms with van der Waals surface area (Å²) in [5.74, 6) is 0.